The molecule has 0 aliphatic heterocycles. The summed E-state index contributed by atoms with van der Waals surface area (Å²) in [6.07, 6.45) is 3.23. The number of hydrogen-bond donors (Lipinski definition) is 1. The van der Waals surface area contributed by atoms with E-state index in [4.69, 9.17) is 4.74 Å². The molecule has 0 radical (unpaired) electrons. The topological polar surface area (TPSA) is 38.3 Å². The van der Waals surface area contributed by atoms with Crippen LogP contribution in [0.1, 0.15) is 25.5 Å². The van der Waals surface area contributed by atoms with E-state index in [0.717, 1.165) is 0 Å². The predicted octanol–water partition coefficient (Wildman–Crippen LogP) is 2.46. The normalized spacial score (nSPS) is 12.6. The van der Waals surface area contributed by atoms with Crippen LogP contribution in [0.5, 0.6) is 0 Å². The van der Waals surface area contributed by atoms with Gasteiger partial charge in [-0.15, -0.1) is 0 Å². The largest absolute Gasteiger partial charge is 0.463 e. The van der Waals surface area contributed by atoms with Crippen LogP contribution in [-0.2, 0) is 9.53 Å². The van der Waals surface area contributed by atoms with Crippen LogP contribution >= 0.6 is 0 Å². The molecule has 0 heterocycles. The fourth-order valence-corrected chi connectivity index (χ4v) is 1.45. The molecule has 1 atom stereocenters. The minimum Gasteiger partial charge on any atom is -0.463 e. The first kappa shape index (κ1) is 13.5. The third-order valence-corrected chi connectivity index (χ3v) is 2.38. The lowest BCUT2D eigenvalue weighted by atomic mass is 10.1. The van der Waals surface area contributed by atoms with Crippen LogP contribution in [0, 0.1) is 0 Å². The second-order valence-electron chi connectivity index (χ2n) is 3.70. The molecule has 17 heavy (non-hydrogen) atoms. The molecule has 1 rings (SSSR count). The maximum atomic E-state index is 11.0. The third-order valence-electron chi connectivity index (χ3n) is 2.38. The van der Waals surface area contributed by atoms with Gasteiger partial charge in [-0.05, 0) is 19.4 Å². The van der Waals surface area contributed by atoms with E-state index >= 15 is 0 Å². The van der Waals surface area contributed by atoms with Gasteiger partial charge in [0.2, 0.25) is 0 Å². The van der Waals surface area contributed by atoms with Crippen molar-refractivity contribution in [2.75, 3.05) is 13.2 Å². The van der Waals surface area contributed by atoms with Crippen LogP contribution in [0.4, 0.5) is 0 Å². The van der Waals surface area contributed by atoms with E-state index in [9.17, 15) is 4.79 Å². The Morgan fingerprint density at radius 2 is 2.12 bits per heavy atom. The van der Waals surface area contributed by atoms with Gasteiger partial charge in [-0.3, -0.25) is 0 Å². The Labute approximate surface area is 102 Å². The molecular formula is C14H19NO2. The van der Waals surface area contributed by atoms with Gasteiger partial charge in [0.05, 0.1) is 6.61 Å². The van der Waals surface area contributed by atoms with Gasteiger partial charge in [0.1, 0.15) is 0 Å². The van der Waals surface area contributed by atoms with E-state index in [-0.39, 0.29) is 12.0 Å². The van der Waals surface area contributed by atoms with Crippen molar-refractivity contribution in [2.24, 2.45) is 0 Å². The summed E-state index contributed by atoms with van der Waals surface area (Å²) in [7, 11) is 0. The SMILES string of the molecule is CCOC(=O)/C=C/CNC(C)c1ccccc1. The lowest BCUT2D eigenvalue weighted by Crippen LogP contribution is -2.18. The number of carbonyl (C=O) groups is 1. The Morgan fingerprint density at radius 1 is 1.41 bits per heavy atom. The van der Waals surface area contributed by atoms with Crippen molar-refractivity contribution in [3.8, 4) is 0 Å². The summed E-state index contributed by atoms with van der Waals surface area (Å²) >= 11 is 0. The van der Waals surface area contributed by atoms with Gasteiger partial charge in [-0.2, -0.15) is 0 Å². The highest BCUT2D eigenvalue weighted by Gasteiger charge is 2.01. The summed E-state index contributed by atoms with van der Waals surface area (Å²) in [4.78, 5) is 11.0. The number of carbonyl (C=O) groups excluding carboxylic acids is 1. The number of ether oxygens (including phenoxy) is 1. The molecule has 0 fully saturated rings. The smallest absolute Gasteiger partial charge is 0.330 e. The first-order chi connectivity index (χ1) is 8.24. The molecule has 0 aliphatic carbocycles. The average molecular weight is 233 g/mol. The van der Waals surface area contributed by atoms with Crippen LogP contribution in [0.15, 0.2) is 42.5 Å². The minimum absolute atomic E-state index is 0.267. The minimum atomic E-state index is -0.290. The fourth-order valence-electron chi connectivity index (χ4n) is 1.45. The quantitative estimate of drug-likeness (QED) is 0.606. The number of nitrogens with one attached hydrogen (secondary N) is 1. The average Bonchev–Trinajstić information content (AvgIpc) is 2.36. The number of esters is 1. The first-order valence-corrected chi connectivity index (χ1v) is 5.85. The summed E-state index contributed by atoms with van der Waals surface area (Å²) in [5, 5.41) is 3.30. The molecule has 92 valence electrons. The Morgan fingerprint density at radius 3 is 2.76 bits per heavy atom. The maximum Gasteiger partial charge on any atom is 0.330 e. The molecule has 3 heteroatoms. The van der Waals surface area contributed by atoms with Crippen molar-refractivity contribution in [1.29, 1.82) is 0 Å². The summed E-state index contributed by atoms with van der Waals surface area (Å²) in [5.74, 6) is -0.290. The van der Waals surface area contributed by atoms with Gasteiger partial charge in [0.15, 0.2) is 0 Å². The Bertz CT molecular complexity index is 360. The number of rotatable bonds is 6. The molecule has 0 saturated carbocycles. The molecule has 0 aliphatic rings. The zero-order valence-corrected chi connectivity index (χ0v) is 10.3. The zero-order valence-electron chi connectivity index (χ0n) is 10.3. The van der Waals surface area contributed by atoms with E-state index in [1.165, 1.54) is 11.6 Å². The highest BCUT2D eigenvalue weighted by Crippen LogP contribution is 2.10. The lowest BCUT2D eigenvalue weighted by Gasteiger charge is -2.12. The lowest BCUT2D eigenvalue weighted by molar-refractivity contribution is -0.137. The second kappa shape index (κ2) is 7.63. The molecule has 0 bridgehead atoms. The molecule has 1 N–H and O–H groups in total. The van der Waals surface area contributed by atoms with Crippen LogP contribution in [0.2, 0.25) is 0 Å². The van der Waals surface area contributed by atoms with Crippen LogP contribution in [-0.4, -0.2) is 19.1 Å². The zero-order chi connectivity index (χ0) is 12.5. The predicted molar refractivity (Wildman–Crippen MR) is 68.6 cm³/mol. The fraction of sp³-hybridized carbons (Fsp3) is 0.357. The van der Waals surface area contributed by atoms with Gasteiger partial charge in [0, 0.05) is 18.7 Å². The Balaban J connectivity index is 2.29. The molecule has 1 aromatic carbocycles. The number of benzene rings is 1. The molecule has 0 amide bonds. The van der Waals surface area contributed by atoms with Crippen molar-refractivity contribution in [3.63, 3.8) is 0 Å². The van der Waals surface area contributed by atoms with E-state index in [1.807, 2.05) is 18.2 Å². The molecule has 0 spiro atoms. The monoisotopic (exact) mass is 233 g/mol. The molecule has 1 aromatic rings. The highest BCUT2D eigenvalue weighted by atomic mass is 16.5. The number of hydrogen-bond acceptors (Lipinski definition) is 3. The van der Waals surface area contributed by atoms with Crippen molar-refractivity contribution < 1.29 is 9.53 Å². The molecule has 0 saturated heterocycles. The second-order valence-corrected chi connectivity index (χ2v) is 3.70. The summed E-state index contributed by atoms with van der Waals surface area (Å²) in [6, 6.07) is 10.4. The highest BCUT2D eigenvalue weighted by molar-refractivity contribution is 5.81. The van der Waals surface area contributed by atoms with E-state index in [1.54, 1.807) is 13.0 Å². The van der Waals surface area contributed by atoms with E-state index in [0.29, 0.717) is 13.2 Å². The van der Waals surface area contributed by atoms with Crippen molar-refractivity contribution in [3.05, 3.63) is 48.0 Å². The van der Waals surface area contributed by atoms with Crippen LogP contribution < -0.4 is 5.32 Å². The van der Waals surface area contributed by atoms with Gasteiger partial charge in [-0.1, -0.05) is 36.4 Å². The summed E-state index contributed by atoms with van der Waals surface area (Å²) in [6.45, 7) is 4.95. The standard InChI is InChI=1S/C14H19NO2/c1-3-17-14(16)10-7-11-15-12(2)13-8-5-4-6-9-13/h4-10,12,15H,3,11H2,1-2H3/b10-7+. The van der Waals surface area contributed by atoms with Gasteiger partial charge < -0.3 is 10.1 Å². The Hall–Kier alpha value is -1.61. The van der Waals surface area contributed by atoms with E-state index < -0.39 is 0 Å². The Kier molecular flexibility index (Phi) is 6.04. The first-order valence-electron chi connectivity index (χ1n) is 5.85. The van der Waals surface area contributed by atoms with Gasteiger partial charge >= 0.3 is 5.97 Å². The van der Waals surface area contributed by atoms with Crippen LogP contribution in [0.3, 0.4) is 0 Å². The van der Waals surface area contributed by atoms with E-state index in [2.05, 4.69) is 24.4 Å². The van der Waals surface area contributed by atoms with Gasteiger partial charge in [0.25, 0.3) is 0 Å². The summed E-state index contributed by atoms with van der Waals surface area (Å²) < 4.78 is 4.78. The van der Waals surface area contributed by atoms with Crippen molar-refractivity contribution in [2.45, 2.75) is 19.9 Å². The maximum absolute atomic E-state index is 11.0. The van der Waals surface area contributed by atoms with Crippen molar-refractivity contribution in [1.82, 2.24) is 5.32 Å². The molecule has 1 unspecified atom stereocenters. The van der Waals surface area contributed by atoms with Gasteiger partial charge in [-0.25, -0.2) is 4.79 Å². The van der Waals surface area contributed by atoms with Crippen LogP contribution in [0.25, 0.3) is 0 Å². The molecule has 3 nitrogen and oxygen atoms in total. The third kappa shape index (κ3) is 5.31. The van der Waals surface area contributed by atoms with Crippen molar-refractivity contribution >= 4 is 5.97 Å². The molecular weight excluding hydrogens is 214 g/mol. The summed E-state index contributed by atoms with van der Waals surface area (Å²) in [5.41, 5.74) is 1.23. The molecule has 0 aromatic heterocycles.